The lowest BCUT2D eigenvalue weighted by atomic mass is 10.0. The number of hydrogen-bond acceptors (Lipinski definition) is 7. The van der Waals surface area contributed by atoms with Gasteiger partial charge in [-0.15, -0.1) is 0 Å². The molecule has 1 aliphatic carbocycles. The Labute approximate surface area is 175 Å². The Morgan fingerprint density at radius 3 is 2.80 bits per heavy atom. The van der Waals surface area contributed by atoms with Gasteiger partial charge in [0.05, 0.1) is 23.2 Å². The number of carbonyl (C=O) groups excluding carboxylic acids is 1. The van der Waals surface area contributed by atoms with Crippen molar-refractivity contribution in [3.8, 4) is 0 Å². The van der Waals surface area contributed by atoms with Gasteiger partial charge in [0.15, 0.2) is 0 Å². The predicted molar refractivity (Wildman–Crippen MR) is 112 cm³/mol. The number of hydrogen-bond donors (Lipinski definition) is 1. The van der Waals surface area contributed by atoms with Crippen molar-refractivity contribution in [2.75, 3.05) is 11.9 Å². The van der Waals surface area contributed by atoms with Crippen LogP contribution in [0.1, 0.15) is 72.7 Å². The Morgan fingerprint density at radius 1 is 1.27 bits per heavy atom. The average Bonchev–Trinajstić information content (AvgIpc) is 3.34. The lowest BCUT2D eigenvalue weighted by Gasteiger charge is -2.28. The molecule has 3 aromatic heterocycles. The molecule has 0 unspecified atom stereocenters. The van der Waals surface area contributed by atoms with Crippen LogP contribution in [0.3, 0.4) is 0 Å². The number of aryl methyl sites for hydroxylation is 1. The molecule has 0 bridgehead atoms. The SMILES string of the molecule is Cc1oc2ncnc(NC3(C)CC3)c2c1C(=O)N1CCc2cnc(C(C)C)nc2C1. The summed E-state index contributed by atoms with van der Waals surface area (Å²) in [6.07, 6.45) is 6.30. The summed E-state index contributed by atoms with van der Waals surface area (Å²) < 4.78 is 5.84. The van der Waals surface area contributed by atoms with Crippen molar-refractivity contribution < 1.29 is 9.21 Å². The number of rotatable bonds is 4. The summed E-state index contributed by atoms with van der Waals surface area (Å²) in [7, 11) is 0. The third-order valence-electron chi connectivity index (χ3n) is 6.07. The zero-order chi connectivity index (χ0) is 21.0. The quantitative estimate of drug-likeness (QED) is 0.707. The fourth-order valence-electron chi connectivity index (χ4n) is 3.92. The second-order valence-corrected chi connectivity index (χ2v) is 8.95. The molecule has 8 heteroatoms. The van der Waals surface area contributed by atoms with E-state index in [2.05, 4.69) is 41.0 Å². The molecule has 1 amide bonds. The highest BCUT2D eigenvalue weighted by molar-refractivity contribution is 6.10. The van der Waals surface area contributed by atoms with Crippen LogP contribution in [0.4, 0.5) is 5.82 Å². The monoisotopic (exact) mass is 406 g/mol. The number of carbonyl (C=O) groups is 1. The van der Waals surface area contributed by atoms with Crippen LogP contribution in [-0.4, -0.2) is 42.8 Å². The highest BCUT2D eigenvalue weighted by Crippen LogP contribution is 2.40. The van der Waals surface area contributed by atoms with Crippen molar-refractivity contribution in [1.82, 2.24) is 24.8 Å². The number of furan rings is 1. The van der Waals surface area contributed by atoms with E-state index < -0.39 is 0 Å². The predicted octanol–water partition coefficient (Wildman–Crippen LogP) is 3.61. The van der Waals surface area contributed by atoms with E-state index >= 15 is 0 Å². The average molecular weight is 406 g/mol. The Bertz CT molecular complexity index is 1150. The van der Waals surface area contributed by atoms with E-state index in [0.717, 1.165) is 36.3 Å². The van der Waals surface area contributed by atoms with Crippen LogP contribution in [0, 0.1) is 6.92 Å². The molecule has 4 heterocycles. The van der Waals surface area contributed by atoms with Gasteiger partial charge in [-0.05, 0) is 38.7 Å². The summed E-state index contributed by atoms with van der Waals surface area (Å²) in [6, 6.07) is 0. The standard InChI is InChI=1S/C22H26N6O2/c1-12(2)18-23-9-14-5-8-28(10-15(14)26-18)21(29)16-13(3)30-20-17(16)19(24-11-25-20)27-22(4)6-7-22/h9,11-12H,5-8,10H2,1-4H3,(H,24,25,27). The molecule has 1 aliphatic heterocycles. The number of nitrogens with one attached hydrogen (secondary N) is 1. The van der Waals surface area contributed by atoms with Crippen molar-refractivity contribution in [1.29, 1.82) is 0 Å². The maximum Gasteiger partial charge on any atom is 0.258 e. The molecule has 0 radical (unpaired) electrons. The van der Waals surface area contributed by atoms with Gasteiger partial charge in [-0.3, -0.25) is 4.79 Å². The van der Waals surface area contributed by atoms with E-state index in [1.54, 1.807) is 0 Å². The summed E-state index contributed by atoms with van der Waals surface area (Å²) >= 11 is 0. The highest BCUT2D eigenvalue weighted by atomic mass is 16.3. The topological polar surface area (TPSA) is 97.0 Å². The van der Waals surface area contributed by atoms with Crippen molar-refractivity contribution >= 4 is 22.8 Å². The van der Waals surface area contributed by atoms with Crippen molar-refractivity contribution in [2.45, 2.75) is 65.0 Å². The fraction of sp³-hybridized carbons (Fsp3) is 0.500. The van der Waals surface area contributed by atoms with Crippen LogP contribution in [0.15, 0.2) is 16.9 Å². The first kappa shape index (κ1) is 19.0. The van der Waals surface area contributed by atoms with Crippen molar-refractivity contribution in [3.63, 3.8) is 0 Å². The maximum atomic E-state index is 13.6. The van der Waals surface area contributed by atoms with Gasteiger partial charge in [-0.25, -0.2) is 19.9 Å². The van der Waals surface area contributed by atoms with Crippen LogP contribution < -0.4 is 5.32 Å². The second kappa shape index (κ2) is 6.75. The largest absolute Gasteiger partial charge is 0.442 e. The first-order chi connectivity index (χ1) is 14.3. The van der Waals surface area contributed by atoms with Crippen LogP contribution in [0.25, 0.3) is 11.1 Å². The molecule has 0 aromatic carbocycles. The molecule has 3 aromatic rings. The van der Waals surface area contributed by atoms with Gasteiger partial charge in [0.2, 0.25) is 5.71 Å². The van der Waals surface area contributed by atoms with Gasteiger partial charge >= 0.3 is 0 Å². The van der Waals surface area contributed by atoms with Crippen molar-refractivity contribution in [3.05, 3.63) is 40.9 Å². The minimum atomic E-state index is -0.0691. The van der Waals surface area contributed by atoms with E-state index in [1.807, 2.05) is 18.0 Å². The van der Waals surface area contributed by atoms with Gasteiger partial charge in [0.25, 0.3) is 5.91 Å². The molecule has 1 saturated carbocycles. The van der Waals surface area contributed by atoms with E-state index in [0.29, 0.717) is 41.3 Å². The van der Waals surface area contributed by atoms with E-state index in [-0.39, 0.29) is 17.4 Å². The van der Waals surface area contributed by atoms with Gasteiger partial charge < -0.3 is 14.6 Å². The molecule has 156 valence electrons. The molecule has 1 N–H and O–H groups in total. The molecule has 30 heavy (non-hydrogen) atoms. The number of anilines is 1. The maximum absolute atomic E-state index is 13.6. The third kappa shape index (κ3) is 3.20. The highest BCUT2D eigenvalue weighted by Gasteiger charge is 2.39. The first-order valence-corrected chi connectivity index (χ1v) is 10.5. The summed E-state index contributed by atoms with van der Waals surface area (Å²) in [5, 5.41) is 4.15. The van der Waals surface area contributed by atoms with Gasteiger partial charge in [-0.1, -0.05) is 13.8 Å². The van der Waals surface area contributed by atoms with Gasteiger partial charge in [0.1, 0.15) is 23.7 Å². The Balaban J connectivity index is 1.51. The summed E-state index contributed by atoms with van der Waals surface area (Å²) in [5.41, 5.74) is 3.06. The van der Waals surface area contributed by atoms with Gasteiger partial charge in [-0.2, -0.15) is 0 Å². The molecule has 0 atom stereocenters. The number of aromatic nitrogens is 4. The van der Waals surface area contributed by atoms with Crippen LogP contribution in [0.5, 0.6) is 0 Å². The molecule has 5 rings (SSSR count). The first-order valence-electron chi connectivity index (χ1n) is 10.5. The molecular formula is C22H26N6O2. The Hall–Kier alpha value is -3.03. The molecule has 8 nitrogen and oxygen atoms in total. The fourth-order valence-corrected chi connectivity index (χ4v) is 3.92. The van der Waals surface area contributed by atoms with Crippen molar-refractivity contribution in [2.24, 2.45) is 0 Å². The second-order valence-electron chi connectivity index (χ2n) is 8.95. The van der Waals surface area contributed by atoms with Gasteiger partial charge in [0, 0.05) is 24.2 Å². The summed E-state index contributed by atoms with van der Waals surface area (Å²) in [6.45, 7) is 9.21. The lowest BCUT2D eigenvalue weighted by Crippen LogP contribution is -2.37. The molecule has 2 aliphatic rings. The summed E-state index contributed by atoms with van der Waals surface area (Å²) in [5.74, 6) is 2.22. The minimum Gasteiger partial charge on any atom is -0.442 e. The zero-order valence-corrected chi connectivity index (χ0v) is 17.8. The Kier molecular flexibility index (Phi) is 4.27. The van der Waals surface area contributed by atoms with E-state index in [4.69, 9.17) is 9.40 Å². The third-order valence-corrected chi connectivity index (χ3v) is 6.07. The zero-order valence-electron chi connectivity index (χ0n) is 17.8. The Morgan fingerprint density at radius 2 is 2.07 bits per heavy atom. The number of amides is 1. The smallest absolute Gasteiger partial charge is 0.258 e. The number of nitrogens with zero attached hydrogens (tertiary/aromatic N) is 5. The van der Waals surface area contributed by atoms with Crippen LogP contribution in [0.2, 0.25) is 0 Å². The number of fused-ring (bicyclic) bond motifs is 2. The van der Waals surface area contributed by atoms with E-state index in [1.165, 1.54) is 6.33 Å². The molecule has 0 spiro atoms. The molecule has 0 saturated heterocycles. The lowest BCUT2D eigenvalue weighted by molar-refractivity contribution is 0.0731. The van der Waals surface area contributed by atoms with E-state index in [9.17, 15) is 4.79 Å². The van der Waals surface area contributed by atoms with Crippen LogP contribution >= 0.6 is 0 Å². The minimum absolute atomic E-state index is 0.0288. The summed E-state index contributed by atoms with van der Waals surface area (Å²) in [4.78, 5) is 33.3. The molecular weight excluding hydrogens is 380 g/mol. The van der Waals surface area contributed by atoms with Crippen LogP contribution in [-0.2, 0) is 13.0 Å². The normalized spacial score (nSPS) is 17.3. The molecule has 1 fully saturated rings.